The van der Waals surface area contributed by atoms with Crippen LogP contribution in [0.2, 0.25) is 0 Å². The maximum absolute atomic E-state index is 7.41. The molecule has 0 radical (unpaired) electrons. The summed E-state index contributed by atoms with van der Waals surface area (Å²) in [5.74, 6) is 1.04. The van der Waals surface area contributed by atoms with Crippen molar-refractivity contribution in [2.24, 2.45) is 11.7 Å². The van der Waals surface area contributed by atoms with Gasteiger partial charge in [-0.05, 0) is 30.9 Å². The predicted molar refractivity (Wildman–Crippen MR) is 64.3 cm³/mol. The highest BCUT2D eigenvalue weighted by Gasteiger charge is 2.15. The molecule has 2 heterocycles. The van der Waals surface area contributed by atoms with Crippen LogP contribution in [-0.2, 0) is 4.74 Å². The quantitative estimate of drug-likeness (QED) is 0.606. The molecule has 1 aliphatic rings. The second-order valence-corrected chi connectivity index (χ2v) is 4.13. The highest BCUT2D eigenvalue weighted by Crippen LogP contribution is 2.19. The van der Waals surface area contributed by atoms with Crippen molar-refractivity contribution in [3.63, 3.8) is 0 Å². The third-order valence-electron chi connectivity index (χ3n) is 2.84. The summed E-state index contributed by atoms with van der Waals surface area (Å²) in [6.07, 6.45) is 3.66. The number of nitrogen functional groups attached to an aromatic ring is 1. The molecule has 17 heavy (non-hydrogen) atoms. The summed E-state index contributed by atoms with van der Waals surface area (Å²) in [7, 11) is 0. The number of rotatable bonds is 4. The zero-order valence-electron chi connectivity index (χ0n) is 9.69. The number of aromatic nitrogens is 1. The molecule has 0 saturated carbocycles. The Kier molecular flexibility index (Phi) is 3.93. The number of nitrogens with zero attached hydrogens (tertiary/aromatic N) is 1. The van der Waals surface area contributed by atoms with E-state index in [1.807, 2.05) is 0 Å². The molecule has 0 aromatic carbocycles. The van der Waals surface area contributed by atoms with Crippen LogP contribution in [-0.4, -0.2) is 30.6 Å². The summed E-state index contributed by atoms with van der Waals surface area (Å²) in [5.41, 5.74) is 5.86. The van der Waals surface area contributed by atoms with E-state index in [0.29, 0.717) is 24.0 Å². The minimum Gasteiger partial charge on any atom is -0.491 e. The Balaban J connectivity index is 1.96. The lowest BCUT2D eigenvalue weighted by molar-refractivity contribution is 0.0497. The fourth-order valence-electron chi connectivity index (χ4n) is 1.83. The molecule has 0 bridgehead atoms. The van der Waals surface area contributed by atoms with Crippen LogP contribution in [0.4, 0.5) is 0 Å². The molecule has 92 valence electrons. The minimum absolute atomic E-state index is 0.0624. The fraction of sp³-hybridized carbons (Fsp3) is 0.500. The van der Waals surface area contributed by atoms with Crippen molar-refractivity contribution in [2.75, 3.05) is 19.8 Å². The maximum Gasteiger partial charge on any atom is 0.148 e. The van der Waals surface area contributed by atoms with E-state index in [9.17, 15) is 0 Å². The van der Waals surface area contributed by atoms with Crippen LogP contribution in [0, 0.1) is 11.3 Å². The predicted octanol–water partition coefficient (Wildman–Crippen LogP) is 1.17. The number of nitrogens with two attached hydrogens (primary N) is 1. The lowest BCUT2D eigenvalue weighted by atomic mass is 10.0. The van der Waals surface area contributed by atoms with Crippen molar-refractivity contribution in [1.82, 2.24) is 4.98 Å². The van der Waals surface area contributed by atoms with E-state index in [1.54, 1.807) is 18.3 Å². The molecule has 0 aliphatic carbocycles. The van der Waals surface area contributed by atoms with Crippen LogP contribution >= 0.6 is 0 Å². The minimum atomic E-state index is -0.0624. The van der Waals surface area contributed by atoms with Crippen molar-refractivity contribution in [2.45, 2.75) is 12.8 Å². The van der Waals surface area contributed by atoms with E-state index in [0.717, 1.165) is 26.1 Å². The Morgan fingerprint density at radius 3 is 3.00 bits per heavy atom. The summed E-state index contributed by atoms with van der Waals surface area (Å²) in [6.45, 7) is 2.25. The molecule has 3 N–H and O–H groups in total. The number of ether oxygens (including phenoxy) is 2. The van der Waals surface area contributed by atoms with Crippen molar-refractivity contribution in [1.29, 1.82) is 5.41 Å². The van der Waals surface area contributed by atoms with Gasteiger partial charge in [-0.3, -0.25) is 5.41 Å². The van der Waals surface area contributed by atoms with Crippen LogP contribution in [0.3, 0.4) is 0 Å². The maximum atomic E-state index is 7.41. The smallest absolute Gasteiger partial charge is 0.148 e. The van der Waals surface area contributed by atoms with Gasteiger partial charge < -0.3 is 15.2 Å². The molecule has 1 aromatic heterocycles. The average Bonchev–Trinajstić information content (AvgIpc) is 2.38. The first-order valence-corrected chi connectivity index (χ1v) is 5.77. The number of pyridine rings is 1. The average molecular weight is 235 g/mol. The Morgan fingerprint density at radius 2 is 2.29 bits per heavy atom. The van der Waals surface area contributed by atoms with Crippen LogP contribution in [0.25, 0.3) is 0 Å². The number of amidine groups is 1. The largest absolute Gasteiger partial charge is 0.491 e. The molecule has 2 rings (SSSR count). The van der Waals surface area contributed by atoms with E-state index < -0.39 is 0 Å². The van der Waals surface area contributed by atoms with Crippen LogP contribution in [0.15, 0.2) is 18.3 Å². The molecule has 0 spiro atoms. The zero-order valence-corrected chi connectivity index (χ0v) is 9.69. The highest BCUT2D eigenvalue weighted by molar-refractivity contribution is 5.95. The van der Waals surface area contributed by atoms with Gasteiger partial charge in [0.1, 0.15) is 17.3 Å². The van der Waals surface area contributed by atoms with Crippen molar-refractivity contribution in [3.8, 4) is 5.75 Å². The van der Waals surface area contributed by atoms with Crippen LogP contribution < -0.4 is 10.5 Å². The Hall–Kier alpha value is -1.62. The van der Waals surface area contributed by atoms with Gasteiger partial charge in [-0.25, -0.2) is 4.98 Å². The third-order valence-corrected chi connectivity index (χ3v) is 2.84. The molecular weight excluding hydrogens is 218 g/mol. The molecule has 1 saturated heterocycles. The van der Waals surface area contributed by atoms with E-state index >= 15 is 0 Å². The number of hydrogen-bond acceptors (Lipinski definition) is 4. The summed E-state index contributed by atoms with van der Waals surface area (Å²) >= 11 is 0. The van der Waals surface area contributed by atoms with Gasteiger partial charge >= 0.3 is 0 Å². The van der Waals surface area contributed by atoms with Crippen LogP contribution in [0.1, 0.15) is 18.5 Å². The topological polar surface area (TPSA) is 81.2 Å². The van der Waals surface area contributed by atoms with E-state index in [1.165, 1.54) is 0 Å². The van der Waals surface area contributed by atoms with Crippen molar-refractivity contribution < 1.29 is 9.47 Å². The molecule has 1 fully saturated rings. The van der Waals surface area contributed by atoms with Crippen molar-refractivity contribution in [3.05, 3.63) is 24.0 Å². The normalized spacial score (nSPS) is 16.7. The summed E-state index contributed by atoms with van der Waals surface area (Å²) in [4.78, 5) is 4.04. The SMILES string of the molecule is N=C(N)c1ncccc1OCC1CCOCC1. The van der Waals surface area contributed by atoms with Gasteiger partial charge in [0.2, 0.25) is 0 Å². The Labute approximate surface area is 100 Å². The van der Waals surface area contributed by atoms with Gasteiger partial charge in [0.15, 0.2) is 0 Å². The molecule has 0 unspecified atom stereocenters. The second-order valence-electron chi connectivity index (χ2n) is 4.13. The van der Waals surface area contributed by atoms with Gasteiger partial charge in [-0.1, -0.05) is 0 Å². The summed E-state index contributed by atoms with van der Waals surface area (Å²) in [6, 6.07) is 3.58. The number of hydrogen-bond donors (Lipinski definition) is 2. The van der Waals surface area contributed by atoms with E-state index in [2.05, 4.69) is 4.98 Å². The molecule has 0 atom stereocenters. The van der Waals surface area contributed by atoms with Gasteiger partial charge in [0.25, 0.3) is 0 Å². The first-order chi connectivity index (χ1) is 8.27. The fourth-order valence-corrected chi connectivity index (χ4v) is 1.83. The summed E-state index contributed by atoms with van der Waals surface area (Å²) < 4.78 is 11.0. The number of nitrogens with one attached hydrogen (secondary N) is 1. The highest BCUT2D eigenvalue weighted by atomic mass is 16.5. The summed E-state index contributed by atoms with van der Waals surface area (Å²) in [5, 5.41) is 7.41. The zero-order chi connectivity index (χ0) is 12.1. The third kappa shape index (κ3) is 3.17. The first kappa shape index (κ1) is 11.9. The molecule has 0 amide bonds. The lowest BCUT2D eigenvalue weighted by Gasteiger charge is -2.22. The first-order valence-electron chi connectivity index (χ1n) is 5.77. The van der Waals surface area contributed by atoms with E-state index in [4.69, 9.17) is 20.6 Å². The molecule has 5 heteroatoms. The standard InChI is InChI=1S/C12H17N3O2/c13-12(14)11-10(2-1-5-15-11)17-8-9-3-6-16-7-4-9/h1-2,5,9H,3-4,6-8H2,(H3,13,14). The van der Waals surface area contributed by atoms with Gasteiger partial charge in [-0.2, -0.15) is 0 Å². The van der Waals surface area contributed by atoms with Crippen molar-refractivity contribution >= 4 is 5.84 Å². The van der Waals surface area contributed by atoms with E-state index in [-0.39, 0.29) is 5.84 Å². The second kappa shape index (κ2) is 5.63. The molecule has 5 nitrogen and oxygen atoms in total. The molecule has 1 aromatic rings. The molecule has 1 aliphatic heterocycles. The Bertz CT molecular complexity index is 389. The lowest BCUT2D eigenvalue weighted by Crippen LogP contribution is -2.22. The van der Waals surface area contributed by atoms with Crippen LogP contribution in [0.5, 0.6) is 5.75 Å². The monoisotopic (exact) mass is 235 g/mol. The van der Waals surface area contributed by atoms with Gasteiger partial charge in [-0.15, -0.1) is 0 Å². The van der Waals surface area contributed by atoms with Gasteiger partial charge in [0, 0.05) is 19.4 Å². The Morgan fingerprint density at radius 1 is 1.53 bits per heavy atom. The molecular formula is C12H17N3O2. The van der Waals surface area contributed by atoms with Gasteiger partial charge in [0.05, 0.1) is 6.61 Å².